The number of hydrogen-bond acceptors (Lipinski definition) is 4. The normalized spacial score (nSPS) is 11.8. The average Bonchev–Trinajstić information content (AvgIpc) is 2.34. The van der Waals surface area contributed by atoms with Crippen molar-refractivity contribution in [3.8, 4) is 0 Å². The van der Waals surface area contributed by atoms with Crippen LogP contribution in [0, 0.1) is 0 Å². The van der Waals surface area contributed by atoms with Crippen LogP contribution in [0.2, 0.25) is 0 Å². The number of allylic oxidation sites excluding steroid dienone is 2. The second-order valence-corrected chi connectivity index (χ2v) is 3.74. The predicted octanol–water partition coefficient (Wildman–Crippen LogP) is -0.535. The molecule has 102 valence electrons. The molecule has 0 unspecified atom stereocenters. The molecular formula is C12H22N4O2. The topological polar surface area (TPSA) is 82.3 Å². The van der Waals surface area contributed by atoms with Crippen LogP contribution in [-0.4, -0.2) is 39.0 Å². The zero-order valence-electron chi connectivity index (χ0n) is 11.4. The molecule has 0 saturated heterocycles. The fraction of sp³-hybridized carbons (Fsp3) is 0.500. The van der Waals surface area contributed by atoms with Crippen LogP contribution in [-0.2, 0) is 9.59 Å². The van der Waals surface area contributed by atoms with Crippen molar-refractivity contribution in [1.82, 2.24) is 21.3 Å². The van der Waals surface area contributed by atoms with Crippen molar-refractivity contribution in [2.75, 3.05) is 27.2 Å². The maximum atomic E-state index is 11.3. The highest BCUT2D eigenvalue weighted by atomic mass is 16.2. The van der Waals surface area contributed by atoms with Gasteiger partial charge in [-0.3, -0.25) is 9.59 Å². The molecular weight excluding hydrogens is 232 g/mol. The molecule has 6 nitrogen and oxygen atoms in total. The van der Waals surface area contributed by atoms with Crippen LogP contribution in [0.1, 0.15) is 13.8 Å². The van der Waals surface area contributed by atoms with Gasteiger partial charge in [0.15, 0.2) is 0 Å². The summed E-state index contributed by atoms with van der Waals surface area (Å²) in [4.78, 5) is 22.6. The lowest BCUT2D eigenvalue weighted by molar-refractivity contribution is -0.118. The van der Waals surface area contributed by atoms with Gasteiger partial charge in [0.1, 0.15) is 0 Å². The lowest BCUT2D eigenvalue weighted by atomic mass is 10.4. The molecule has 0 aliphatic heterocycles. The molecule has 0 aliphatic rings. The summed E-state index contributed by atoms with van der Waals surface area (Å²) in [6.45, 7) is 4.38. The molecule has 0 heterocycles. The van der Waals surface area contributed by atoms with Crippen LogP contribution >= 0.6 is 0 Å². The summed E-state index contributed by atoms with van der Waals surface area (Å²) < 4.78 is 0. The first kappa shape index (κ1) is 16.0. The summed E-state index contributed by atoms with van der Waals surface area (Å²) in [5, 5.41) is 11.0. The quantitative estimate of drug-likeness (QED) is 0.363. The second-order valence-electron chi connectivity index (χ2n) is 3.74. The summed E-state index contributed by atoms with van der Waals surface area (Å²) >= 11 is 0. The molecule has 18 heavy (non-hydrogen) atoms. The van der Waals surface area contributed by atoms with Gasteiger partial charge in [0.25, 0.3) is 0 Å². The molecule has 0 aliphatic carbocycles. The lowest BCUT2D eigenvalue weighted by Crippen LogP contribution is -2.33. The molecule has 2 amide bonds. The standard InChI is InChI=1S/C12H22N4O2/c1-9(13-3)7-11(17)15-5-6-16-12(18)8-10(2)14-4/h7-8,13-14H,5-6H2,1-4H3,(H,15,17)(H,16,18)/b9-7-,10-8-. The van der Waals surface area contributed by atoms with Crippen molar-refractivity contribution in [3.05, 3.63) is 23.5 Å². The Hall–Kier alpha value is -1.98. The van der Waals surface area contributed by atoms with Crippen molar-refractivity contribution in [2.45, 2.75) is 13.8 Å². The van der Waals surface area contributed by atoms with Gasteiger partial charge in [-0.2, -0.15) is 0 Å². The lowest BCUT2D eigenvalue weighted by Gasteiger charge is -2.05. The van der Waals surface area contributed by atoms with Gasteiger partial charge in [0.05, 0.1) is 0 Å². The maximum absolute atomic E-state index is 11.3. The average molecular weight is 254 g/mol. The zero-order chi connectivity index (χ0) is 14.0. The van der Waals surface area contributed by atoms with Crippen LogP contribution in [0.4, 0.5) is 0 Å². The van der Waals surface area contributed by atoms with E-state index in [4.69, 9.17) is 0 Å². The van der Waals surface area contributed by atoms with Crippen LogP contribution in [0.15, 0.2) is 23.5 Å². The van der Waals surface area contributed by atoms with Gasteiger partial charge in [-0.1, -0.05) is 0 Å². The Labute approximate surface area is 108 Å². The summed E-state index contributed by atoms with van der Waals surface area (Å²) in [6.07, 6.45) is 2.93. The highest BCUT2D eigenvalue weighted by Gasteiger charge is 1.98. The van der Waals surface area contributed by atoms with Gasteiger partial charge < -0.3 is 21.3 Å². The summed E-state index contributed by atoms with van der Waals surface area (Å²) in [6, 6.07) is 0. The van der Waals surface area contributed by atoms with Gasteiger partial charge in [0.2, 0.25) is 11.8 Å². The first-order valence-electron chi connectivity index (χ1n) is 5.77. The van der Waals surface area contributed by atoms with Gasteiger partial charge in [-0.05, 0) is 13.8 Å². The fourth-order valence-corrected chi connectivity index (χ4v) is 1.01. The molecule has 0 radical (unpaired) electrons. The van der Waals surface area contributed by atoms with Gasteiger partial charge in [-0.15, -0.1) is 0 Å². The highest BCUT2D eigenvalue weighted by Crippen LogP contribution is 1.84. The Morgan fingerprint density at radius 3 is 1.44 bits per heavy atom. The Morgan fingerprint density at radius 2 is 1.17 bits per heavy atom. The minimum absolute atomic E-state index is 0.182. The van der Waals surface area contributed by atoms with E-state index in [1.807, 2.05) is 0 Å². The van der Waals surface area contributed by atoms with Crippen LogP contribution < -0.4 is 21.3 Å². The summed E-state index contributed by atoms with van der Waals surface area (Å²) in [5.41, 5.74) is 1.56. The monoisotopic (exact) mass is 254 g/mol. The van der Waals surface area contributed by atoms with Gasteiger partial charge >= 0.3 is 0 Å². The largest absolute Gasteiger partial charge is 0.391 e. The molecule has 0 rings (SSSR count). The Morgan fingerprint density at radius 1 is 0.833 bits per heavy atom. The number of rotatable bonds is 7. The SMILES string of the molecule is CN/C(C)=C\C(=O)NCCNC(=O)/C=C(/C)NC. The van der Waals surface area contributed by atoms with E-state index < -0.39 is 0 Å². The number of carbonyl (C=O) groups excluding carboxylic acids is 2. The summed E-state index contributed by atoms with van der Waals surface area (Å²) in [7, 11) is 3.49. The molecule has 0 bridgehead atoms. The maximum Gasteiger partial charge on any atom is 0.245 e. The number of amides is 2. The van der Waals surface area contributed by atoms with Crippen molar-refractivity contribution < 1.29 is 9.59 Å². The first-order valence-corrected chi connectivity index (χ1v) is 5.77. The first-order chi connectivity index (χ1) is 8.49. The molecule has 4 N–H and O–H groups in total. The van der Waals surface area contributed by atoms with E-state index in [2.05, 4.69) is 21.3 Å². The van der Waals surface area contributed by atoms with Gasteiger partial charge in [-0.25, -0.2) is 0 Å². The second kappa shape index (κ2) is 9.09. The van der Waals surface area contributed by atoms with Crippen molar-refractivity contribution >= 4 is 11.8 Å². The van der Waals surface area contributed by atoms with E-state index in [-0.39, 0.29) is 11.8 Å². The molecule has 0 spiro atoms. The third kappa shape index (κ3) is 8.20. The smallest absolute Gasteiger partial charge is 0.245 e. The summed E-state index contributed by atoms with van der Waals surface area (Å²) in [5.74, 6) is -0.365. The van der Waals surface area contributed by atoms with Gasteiger partial charge in [0, 0.05) is 50.7 Å². The third-order valence-electron chi connectivity index (χ3n) is 2.21. The number of hydrogen-bond donors (Lipinski definition) is 4. The van der Waals surface area contributed by atoms with Crippen molar-refractivity contribution in [3.63, 3.8) is 0 Å². The molecule has 0 aromatic rings. The predicted molar refractivity (Wildman–Crippen MR) is 71.7 cm³/mol. The highest BCUT2D eigenvalue weighted by molar-refractivity contribution is 5.89. The molecule has 0 aromatic carbocycles. The molecule has 0 fully saturated rings. The Bertz CT molecular complexity index is 314. The minimum atomic E-state index is -0.182. The van der Waals surface area contributed by atoms with Crippen molar-refractivity contribution in [2.24, 2.45) is 0 Å². The molecule has 0 saturated carbocycles. The van der Waals surface area contributed by atoms with E-state index in [0.717, 1.165) is 11.4 Å². The van der Waals surface area contributed by atoms with E-state index in [1.54, 1.807) is 27.9 Å². The Kier molecular flexibility index (Phi) is 8.09. The fourth-order valence-electron chi connectivity index (χ4n) is 1.01. The number of carbonyl (C=O) groups is 2. The van der Waals surface area contributed by atoms with E-state index in [9.17, 15) is 9.59 Å². The molecule has 0 atom stereocenters. The van der Waals surface area contributed by atoms with E-state index in [1.165, 1.54) is 12.2 Å². The van der Waals surface area contributed by atoms with E-state index >= 15 is 0 Å². The molecule has 6 heteroatoms. The Balaban J connectivity index is 3.81. The van der Waals surface area contributed by atoms with E-state index in [0.29, 0.717) is 13.1 Å². The third-order valence-corrected chi connectivity index (χ3v) is 2.21. The minimum Gasteiger partial charge on any atom is -0.391 e. The zero-order valence-corrected chi connectivity index (χ0v) is 11.4. The molecule has 0 aromatic heterocycles. The van der Waals surface area contributed by atoms with Crippen molar-refractivity contribution in [1.29, 1.82) is 0 Å². The van der Waals surface area contributed by atoms with Crippen LogP contribution in [0.25, 0.3) is 0 Å². The number of nitrogens with one attached hydrogen (secondary N) is 4. The van der Waals surface area contributed by atoms with Crippen LogP contribution in [0.5, 0.6) is 0 Å². The van der Waals surface area contributed by atoms with Crippen LogP contribution in [0.3, 0.4) is 0 Å².